The quantitative estimate of drug-likeness (QED) is 0.768. The molecule has 1 aliphatic heterocycles. The second-order valence-corrected chi connectivity index (χ2v) is 6.11. The molecule has 2 amide bonds. The Balaban J connectivity index is 1.68. The number of rotatable bonds is 7. The first-order chi connectivity index (χ1) is 12.6. The summed E-state index contributed by atoms with van der Waals surface area (Å²) in [5.41, 5.74) is 1.74. The predicted octanol–water partition coefficient (Wildman–Crippen LogP) is 2.28. The lowest BCUT2D eigenvalue weighted by molar-refractivity contribution is -0.121. The zero-order valence-corrected chi connectivity index (χ0v) is 14.9. The van der Waals surface area contributed by atoms with E-state index in [1.165, 1.54) is 0 Å². The molecule has 138 valence electrons. The third-order valence-electron chi connectivity index (χ3n) is 4.07. The molecule has 0 radical (unpaired) electrons. The van der Waals surface area contributed by atoms with Gasteiger partial charge >= 0.3 is 0 Å². The number of carbonyl (C=O) groups is 2. The number of hydrogen-bond donors (Lipinski definition) is 1. The van der Waals surface area contributed by atoms with Gasteiger partial charge in [0.1, 0.15) is 11.5 Å². The number of fused-ring (bicyclic) bond motifs is 1. The van der Waals surface area contributed by atoms with Crippen LogP contribution in [-0.2, 0) is 16.1 Å². The van der Waals surface area contributed by atoms with Crippen molar-refractivity contribution in [2.75, 3.05) is 31.8 Å². The van der Waals surface area contributed by atoms with Gasteiger partial charge in [-0.25, -0.2) is 0 Å². The number of benzene rings is 1. The third-order valence-corrected chi connectivity index (χ3v) is 4.07. The minimum absolute atomic E-state index is 0.0103. The van der Waals surface area contributed by atoms with E-state index >= 15 is 0 Å². The molecule has 7 nitrogen and oxygen atoms in total. The highest BCUT2D eigenvalue weighted by Crippen LogP contribution is 2.34. The van der Waals surface area contributed by atoms with Gasteiger partial charge in [-0.1, -0.05) is 6.07 Å². The molecule has 1 aromatic heterocycles. The minimum atomic E-state index is -0.281. The van der Waals surface area contributed by atoms with E-state index in [1.807, 2.05) is 25.1 Å². The Hall–Kier alpha value is -2.80. The number of furan rings is 1. The van der Waals surface area contributed by atoms with Crippen molar-refractivity contribution in [1.82, 2.24) is 5.32 Å². The van der Waals surface area contributed by atoms with Crippen LogP contribution >= 0.6 is 0 Å². The van der Waals surface area contributed by atoms with Crippen molar-refractivity contribution in [1.29, 1.82) is 0 Å². The molecule has 0 fully saturated rings. The molecule has 0 atom stereocenters. The fourth-order valence-corrected chi connectivity index (χ4v) is 2.73. The number of anilines is 1. The molecule has 1 aliphatic rings. The van der Waals surface area contributed by atoms with Crippen molar-refractivity contribution in [2.24, 2.45) is 0 Å². The number of hydrogen-bond acceptors (Lipinski definition) is 5. The number of carbonyl (C=O) groups excluding carboxylic acids is 2. The van der Waals surface area contributed by atoms with Crippen LogP contribution in [0.1, 0.15) is 28.3 Å². The summed E-state index contributed by atoms with van der Waals surface area (Å²) in [5, 5.41) is 2.77. The highest BCUT2D eigenvalue weighted by Gasteiger charge is 2.26. The van der Waals surface area contributed by atoms with Gasteiger partial charge in [-0.3, -0.25) is 14.5 Å². The zero-order valence-electron chi connectivity index (χ0n) is 14.9. The standard InChI is InChI=1S/C19H22N2O5/c1-13-4-6-16-15(10-13)21(18(22)12-25-16)11-14-5-7-17(26-14)19(23)20-8-3-9-24-2/h4-7,10H,3,8-9,11-12H2,1-2H3,(H,20,23). The Bertz CT molecular complexity index is 799. The van der Waals surface area contributed by atoms with E-state index < -0.39 is 0 Å². The van der Waals surface area contributed by atoms with Crippen LogP contribution < -0.4 is 15.0 Å². The smallest absolute Gasteiger partial charge is 0.286 e. The van der Waals surface area contributed by atoms with E-state index in [1.54, 1.807) is 24.1 Å². The Morgan fingerprint density at radius 1 is 1.31 bits per heavy atom. The summed E-state index contributed by atoms with van der Waals surface area (Å²) < 4.78 is 16.0. The fraction of sp³-hybridized carbons (Fsp3) is 0.368. The molecule has 3 rings (SSSR count). The summed E-state index contributed by atoms with van der Waals surface area (Å²) >= 11 is 0. The van der Waals surface area contributed by atoms with E-state index in [9.17, 15) is 9.59 Å². The van der Waals surface area contributed by atoms with Gasteiger partial charge in [0.05, 0.1) is 12.2 Å². The summed E-state index contributed by atoms with van der Waals surface area (Å²) in [6.07, 6.45) is 0.730. The van der Waals surface area contributed by atoms with Crippen molar-refractivity contribution < 1.29 is 23.5 Å². The molecule has 0 spiro atoms. The summed E-state index contributed by atoms with van der Waals surface area (Å²) in [7, 11) is 1.62. The zero-order chi connectivity index (χ0) is 18.5. The van der Waals surface area contributed by atoms with Crippen LogP contribution in [0.25, 0.3) is 0 Å². The summed E-state index contributed by atoms with van der Waals surface area (Å²) in [6.45, 7) is 3.29. The van der Waals surface area contributed by atoms with E-state index in [2.05, 4.69) is 5.32 Å². The number of nitrogens with zero attached hydrogens (tertiary/aromatic N) is 1. The van der Waals surface area contributed by atoms with Crippen LogP contribution in [0.5, 0.6) is 5.75 Å². The lowest BCUT2D eigenvalue weighted by Crippen LogP contribution is -2.38. The van der Waals surface area contributed by atoms with Crippen LogP contribution in [0.15, 0.2) is 34.7 Å². The van der Waals surface area contributed by atoms with E-state index in [0.717, 1.165) is 12.0 Å². The van der Waals surface area contributed by atoms with Crippen molar-refractivity contribution in [3.63, 3.8) is 0 Å². The van der Waals surface area contributed by atoms with Gasteiger partial charge in [0.2, 0.25) is 0 Å². The van der Waals surface area contributed by atoms with Gasteiger partial charge in [0.15, 0.2) is 12.4 Å². The highest BCUT2D eigenvalue weighted by molar-refractivity contribution is 5.97. The molecule has 26 heavy (non-hydrogen) atoms. The van der Waals surface area contributed by atoms with Crippen LogP contribution in [0.2, 0.25) is 0 Å². The average molecular weight is 358 g/mol. The third kappa shape index (κ3) is 4.05. The minimum Gasteiger partial charge on any atom is -0.482 e. The highest BCUT2D eigenvalue weighted by atomic mass is 16.5. The van der Waals surface area contributed by atoms with Crippen molar-refractivity contribution >= 4 is 17.5 Å². The van der Waals surface area contributed by atoms with Crippen LogP contribution in [0.3, 0.4) is 0 Å². The van der Waals surface area contributed by atoms with Gasteiger partial charge < -0.3 is 19.2 Å². The molecule has 1 aromatic carbocycles. The lowest BCUT2D eigenvalue weighted by atomic mass is 10.1. The van der Waals surface area contributed by atoms with E-state index in [0.29, 0.717) is 30.3 Å². The molecule has 0 bridgehead atoms. The number of methoxy groups -OCH3 is 1. The topological polar surface area (TPSA) is 81.0 Å². The SMILES string of the molecule is COCCCNC(=O)c1ccc(CN2C(=O)COc3ccc(C)cc32)o1. The average Bonchev–Trinajstić information content (AvgIpc) is 3.10. The van der Waals surface area contributed by atoms with E-state index in [-0.39, 0.29) is 30.7 Å². The first kappa shape index (κ1) is 18.0. The van der Waals surface area contributed by atoms with Gasteiger partial charge in [-0.05, 0) is 43.2 Å². The van der Waals surface area contributed by atoms with Crippen molar-refractivity contribution in [3.05, 3.63) is 47.4 Å². The van der Waals surface area contributed by atoms with Gasteiger partial charge in [-0.2, -0.15) is 0 Å². The predicted molar refractivity (Wildman–Crippen MR) is 95.4 cm³/mol. The molecule has 0 saturated carbocycles. The Morgan fingerprint density at radius 2 is 2.15 bits per heavy atom. The molecule has 1 N–H and O–H groups in total. The number of nitrogens with one attached hydrogen (secondary N) is 1. The summed E-state index contributed by atoms with van der Waals surface area (Å²) in [4.78, 5) is 26.0. The fourth-order valence-electron chi connectivity index (χ4n) is 2.73. The first-order valence-electron chi connectivity index (χ1n) is 8.48. The molecule has 7 heteroatoms. The van der Waals surface area contributed by atoms with Crippen molar-refractivity contribution in [2.45, 2.75) is 19.9 Å². The van der Waals surface area contributed by atoms with E-state index in [4.69, 9.17) is 13.9 Å². The van der Waals surface area contributed by atoms with Crippen LogP contribution in [0.4, 0.5) is 5.69 Å². The molecule has 0 saturated heterocycles. The van der Waals surface area contributed by atoms with Crippen LogP contribution in [-0.4, -0.2) is 38.7 Å². The maximum absolute atomic E-state index is 12.3. The lowest BCUT2D eigenvalue weighted by Gasteiger charge is -2.29. The molecule has 0 unspecified atom stereocenters. The second-order valence-electron chi connectivity index (χ2n) is 6.11. The monoisotopic (exact) mass is 358 g/mol. The number of amides is 2. The van der Waals surface area contributed by atoms with Gasteiger partial charge in [-0.15, -0.1) is 0 Å². The summed E-state index contributed by atoms with van der Waals surface area (Å²) in [5.74, 6) is 0.997. The normalized spacial score (nSPS) is 13.3. The molecular weight excluding hydrogens is 336 g/mol. The number of ether oxygens (including phenoxy) is 2. The maximum atomic E-state index is 12.3. The second kappa shape index (κ2) is 8.05. The van der Waals surface area contributed by atoms with Gasteiger partial charge in [0, 0.05) is 20.3 Å². The molecule has 0 aliphatic carbocycles. The van der Waals surface area contributed by atoms with Crippen molar-refractivity contribution in [3.8, 4) is 5.75 Å². The Labute approximate surface area is 151 Å². The first-order valence-corrected chi connectivity index (χ1v) is 8.48. The van der Waals surface area contributed by atoms with Gasteiger partial charge in [0.25, 0.3) is 11.8 Å². The van der Waals surface area contributed by atoms with Crippen LogP contribution in [0, 0.1) is 6.92 Å². The summed E-state index contributed by atoms with van der Waals surface area (Å²) in [6, 6.07) is 9.01. The molecule has 2 aromatic rings. The largest absolute Gasteiger partial charge is 0.482 e. The Morgan fingerprint density at radius 3 is 2.96 bits per heavy atom. The molecular formula is C19H22N2O5. The Kier molecular flexibility index (Phi) is 5.58. The number of aryl methyl sites for hydroxylation is 1. The molecule has 2 heterocycles. The maximum Gasteiger partial charge on any atom is 0.286 e.